The van der Waals surface area contributed by atoms with Gasteiger partial charge in [-0.3, -0.25) is 4.99 Å². The van der Waals surface area contributed by atoms with Gasteiger partial charge in [0, 0.05) is 19.1 Å². The fourth-order valence-corrected chi connectivity index (χ4v) is 6.51. The third-order valence-electron chi connectivity index (χ3n) is 8.88. The topological polar surface area (TPSA) is 83.4 Å². The van der Waals surface area contributed by atoms with Crippen molar-refractivity contribution in [3.63, 3.8) is 0 Å². The van der Waals surface area contributed by atoms with Crippen molar-refractivity contribution in [1.29, 1.82) is 0 Å². The van der Waals surface area contributed by atoms with Gasteiger partial charge in [-0.15, -0.1) is 4.59 Å². The zero-order valence-corrected chi connectivity index (χ0v) is 22.7. The average Bonchev–Trinajstić information content (AvgIpc) is 3.30. The standard InChI is InChI=1S/C32H40N5O2/c33-37-18-15-34-20-30(37)31(27-11-9-24(10-12-27)21-36-16-13-25(22-38)14-17-36)35-32(37)28-7-4-8-29(19-28)39-23-26-5-2-1-3-6-26/h1-8,15,18-20,24-25,27,38H,9-14,16-17,21-23,33H2/q+1. The number of nitrogens with two attached hydrogens (primary N) is 1. The Labute approximate surface area is 231 Å². The number of likely N-dealkylation sites (tertiary alicyclic amines) is 1. The molecule has 1 atom stereocenters. The van der Waals surface area contributed by atoms with Gasteiger partial charge >= 0.3 is 0 Å². The maximum atomic E-state index is 9.44. The zero-order chi connectivity index (χ0) is 26.7. The Balaban J connectivity index is 1.15. The molecule has 1 saturated heterocycles. The molecule has 3 aliphatic heterocycles. The van der Waals surface area contributed by atoms with Crippen LogP contribution in [0.25, 0.3) is 0 Å². The normalized spacial score (nSPS) is 27.5. The van der Waals surface area contributed by atoms with Crippen LogP contribution in [0.5, 0.6) is 5.75 Å². The van der Waals surface area contributed by atoms with Crippen molar-refractivity contribution in [2.45, 2.75) is 45.1 Å². The van der Waals surface area contributed by atoms with Gasteiger partial charge in [0.1, 0.15) is 24.3 Å². The van der Waals surface area contributed by atoms with Crippen LogP contribution in [-0.4, -0.2) is 52.9 Å². The molecule has 2 fully saturated rings. The van der Waals surface area contributed by atoms with Crippen LogP contribution in [0.1, 0.15) is 49.7 Å². The zero-order valence-electron chi connectivity index (χ0n) is 22.7. The van der Waals surface area contributed by atoms with Crippen molar-refractivity contribution in [1.82, 2.24) is 4.90 Å². The molecule has 0 radical (unpaired) electrons. The van der Waals surface area contributed by atoms with E-state index in [9.17, 15) is 5.11 Å². The van der Waals surface area contributed by atoms with Crippen molar-refractivity contribution in [2.24, 2.45) is 33.6 Å². The summed E-state index contributed by atoms with van der Waals surface area (Å²) < 4.78 is 6.17. The van der Waals surface area contributed by atoms with E-state index in [1.165, 1.54) is 19.4 Å². The number of fused-ring (bicyclic) bond motifs is 1. The van der Waals surface area contributed by atoms with E-state index in [1.54, 1.807) is 6.20 Å². The predicted octanol–water partition coefficient (Wildman–Crippen LogP) is 4.99. The number of piperidine rings is 1. The molecule has 3 N–H and O–H groups in total. The van der Waals surface area contributed by atoms with Gasteiger partial charge in [0.2, 0.25) is 5.70 Å². The van der Waals surface area contributed by atoms with Crippen molar-refractivity contribution in [3.8, 4) is 5.75 Å². The van der Waals surface area contributed by atoms with Crippen molar-refractivity contribution in [3.05, 3.63) is 89.5 Å². The third-order valence-corrected chi connectivity index (χ3v) is 8.88. The van der Waals surface area contributed by atoms with E-state index in [0.717, 1.165) is 78.8 Å². The highest BCUT2D eigenvalue weighted by Gasteiger charge is 2.46. The minimum absolute atomic E-state index is 0.0563. The van der Waals surface area contributed by atoms with Gasteiger partial charge in [0.05, 0.1) is 18.0 Å². The summed E-state index contributed by atoms with van der Waals surface area (Å²) in [6, 6.07) is 18.3. The number of aliphatic hydroxyl groups is 1. The molecule has 204 valence electrons. The molecule has 1 unspecified atom stereocenters. The molecule has 2 aromatic rings. The number of hydrogen-bond acceptors (Lipinski definition) is 6. The second kappa shape index (κ2) is 11.6. The van der Waals surface area contributed by atoms with Crippen molar-refractivity contribution < 1.29 is 14.4 Å². The summed E-state index contributed by atoms with van der Waals surface area (Å²) in [4.78, 5) is 12.3. The first-order chi connectivity index (χ1) is 19.1. The Morgan fingerprint density at radius 2 is 1.74 bits per heavy atom. The van der Waals surface area contributed by atoms with E-state index in [0.29, 0.717) is 25.0 Å². The number of amidine groups is 1. The molecular weight excluding hydrogens is 486 g/mol. The Bertz CT molecular complexity index is 1270. The third kappa shape index (κ3) is 5.63. The molecule has 7 heteroatoms. The number of nitrogens with zero attached hydrogens (tertiary/aromatic N) is 4. The number of aliphatic hydroxyl groups excluding tert-OH is 1. The number of hydrogen-bond donors (Lipinski definition) is 2. The molecule has 6 rings (SSSR count). The van der Waals surface area contributed by atoms with Gasteiger partial charge in [0.15, 0.2) is 0 Å². The van der Waals surface area contributed by atoms with Gasteiger partial charge < -0.3 is 14.7 Å². The molecule has 39 heavy (non-hydrogen) atoms. The van der Waals surface area contributed by atoms with Crippen LogP contribution in [0.3, 0.4) is 0 Å². The van der Waals surface area contributed by atoms with Crippen LogP contribution >= 0.6 is 0 Å². The summed E-state index contributed by atoms with van der Waals surface area (Å²) in [6.07, 6.45) is 12.5. The summed E-state index contributed by atoms with van der Waals surface area (Å²) in [5, 5.41) is 9.44. The number of rotatable bonds is 8. The molecule has 4 aliphatic rings. The lowest BCUT2D eigenvalue weighted by molar-refractivity contribution is -0.750. The van der Waals surface area contributed by atoms with Crippen LogP contribution in [0.2, 0.25) is 0 Å². The number of ether oxygens (including phenoxy) is 1. The van der Waals surface area contributed by atoms with Crippen LogP contribution < -0.4 is 10.6 Å². The highest BCUT2D eigenvalue weighted by molar-refractivity contribution is 6.00. The molecule has 2 aromatic carbocycles. The fraction of sp³-hybridized carbons (Fsp3) is 0.438. The van der Waals surface area contributed by atoms with Gasteiger partial charge in [-0.1, -0.05) is 36.4 Å². The van der Waals surface area contributed by atoms with E-state index in [2.05, 4.69) is 28.1 Å². The first-order valence-electron chi connectivity index (χ1n) is 14.4. The first kappa shape index (κ1) is 26.1. The lowest BCUT2D eigenvalue weighted by Gasteiger charge is -2.36. The van der Waals surface area contributed by atoms with Gasteiger partial charge in [-0.05, 0) is 87.2 Å². The second-order valence-electron chi connectivity index (χ2n) is 11.5. The first-order valence-corrected chi connectivity index (χ1v) is 14.4. The largest absolute Gasteiger partial charge is 0.489 e. The monoisotopic (exact) mass is 526 g/mol. The molecular formula is C32H40N5O2+. The molecule has 1 aliphatic carbocycles. The Hall–Kier alpha value is -3.10. The highest BCUT2D eigenvalue weighted by Crippen LogP contribution is 2.41. The molecule has 0 spiro atoms. The SMILES string of the molecule is N[N+]12C=CN=CC1=C(C1CCC(CN3CCC(CO)CC3)CC1)N=C2c1cccc(OCc2ccccc2)c1. The van der Waals surface area contributed by atoms with Gasteiger partial charge in [-0.2, -0.15) is 10.8 Å². The van der Waals surface area contributed by atoms with E-state index in [-0.39, 0.29) is 4.59 Å². The Kier molecular flexibility index (Phi) is 7.75. The van der Waals surface area contributed by atoms with Crippen molar-refractivity contribution >= 4 is 12.1 Å². The summed E-state index contributed by atoms with van der Waals surface area (Å²) in [7, 11) is 0. The molecule has 0 aromatic heterocycles. The number of quaternary nitrogens is 1. The molecule has 1 saturated carbocycles. The van der Waals surface area contributed by atoms with Crippen LogP contribution in [0, 0.1) is 17.8 Å². The van der Waals surface area contributed by atoms with Crippen LogP contribution in [-0.2, 0) is 6.61 Å². The van der Waals surface area contributed by atoms with E-state index < -0.39 is 0 Å². The number of aliphatic imine (C=N–C) groups is 2. The fourth-order valence-electron chi connectivity index (χ4n) is 6.51. The van der Waals surface area contributed by atoms with E-state index in [4.69, 9.17) is 15.6 Å². The quantitative estimate of drug-likeness (QED) is 0.375. The Morgan fingerprint density at radius 1 is 0.949 bits per heavy atom. The van der Waals surface area contributed by atoms with Crippen LogP contribution in [0.4, 0.5) is 0 Å². The lowest BCUT2D eigenvalue weighted by atomic mass is 9.79. The second-order valence-corrected chi connectivity index (χ2v) is 11.5. The average molecular weight is 527 g/mol. The molecule has 0 amide bonds. The minimum atomic E-state index is 0.0563. The van der Waals surface area contributed by atoms with Crippen molar-refractivity contribution in [2.75, 3.05) is 26.2 Å². The molecule has 7 nitrogen and oxygen atoms in total. The predicted molar refractivity (Wildman–Crippen MR) is 155 cm³/mol. The summed E-state index contributed by atoms with van der Waals surface area (Å²) in [5.41, 5.74) is 4.18. The maximum absolute atomic E-state index is 9.44. The van der Waals surface area contributed by atoms with E-state index in [1.807, 2.05) is 48.8 Å². The highest BCUT2D eigenvalue weighted by atomic mass is 16.5. The smallest absolute Gasteiger partial charge is 0.265 e. The summed E-state index contributed by atoms with van der Waals surface area (Å²) in [6.45, 7) is 4.28. The van der Waals surface area contributed by atoms with Crippen LogP contribution in [0.15, 0.2) is 88.4 Å². The molecule has 0 bridgehead atoms. The summed E-state index contributed by atoms with van der Waals surface area (Å²) >= 11 is 0. The van der Waals surface area contributed by atoms with E-state index >= 15 is 0 Å². The molecule has 3 heterocycles. The number of benzene rings is 2. The maximum Gasteiger partial charge on any atom is 0.265 e. The van der Waals surface area contributed by atoms with Gasteiger partial charge in [-0.25, -0.2) is 0 Å². The summed E-state index contributed by atoms with van der Waals surface area (Å²) in [5.74, 6) is 10.3. The number of allylic oxidation sites excluding steroid dienone is 2. The Morgan fingerprint density at radius 3 is 2.51 bits per heavy atom. The van der Waals surface area contributed by atoms with Gasteiger partial charge in [0.25, 0.3) is 5.84 Å². The minimum Gasteiger partial charge on any atom is -0.489 e. The lowest BCUT2D eigenvalue weighted by Crippen LogP contribution is -2.53.